The van der Waals surface area contributed by atoms with E-state index in [1.807, 2.05) is 45.2 Å². The zero-order chi connectivity index (χ0) is 26.3. The average Bonchev–Trinajstić information content (AvgIpc) is 3.51. The molecule has 1 saturated heterocycles. The Morgan fingerprint density at radius 2 is 1.92 bits per heavy atom. The number of nitrogens with zero attached hydrogens (tertiary/aromatic N) is 5. The predicted molar refractivity (Wildman–Crippen MR) is 151 cm³/mol. The molecule has 0 unspecified atom stereocenters. The monoisotopic (exact) mass is 508 g/mol. The van der Waals surface area contributed by atoms with Crippen molar-refractivity contribution in [2.45, 2.75) is 46.5 Å². The Kier molecular flexibility index (Phi) is 6.06. The number of anilines is 2. The van der Waals surface area contributed by atoms with Crippen molar-refractivity contribution in [3.05, 3.63) is 48.9 Å². The summed E-state index contributed by atoms with van der Waals surface area (Å²) in [5.74, 6) is -0.0340. The molecule has 9 nitrogen and oxygen atoms in total. The van der Waals surface area contributed by atoms with Crippen LogP contribution in [0.5, 0.6) is 0 Å². The maximum atomic E-state index is 12.4. The lowest BCUT2D eigenvalue weighted by Gasteiger charge is -2.29. The first-order valence-electron chi connectivity index (χ1n) is 13.2. The summed E-state index contributed by atoms with van der Waals surface area (Å²) in [5.41, 5.74) is 7.40. The molecule has 0 spiro atoms. The largest absolute Gasteiger partial charge is 0.371 e. The summed E-state index contributed by atoms with van der Waals surface area (Å²) in [5, 5.41) is 11.8. The van der Waals surface area contributed by atoms with Crippen LogP contribution in [0.4, 0.5) is 11.4 Å². The van der Waals surface area contributed by atoms with Crippen LogP contribution in [-0.4, -0.2) is 49.1 Å². The smallest absolute Gasteiger partial charge is 0.224 e. The van der Waals surface area contributed by atoms with Gasteiger partial charge < -0.3 is 15.2 Å². The Morgan fingerprint density at radius 3 is 2.74 bits per heavy atom. The maximum Gasteiger partial charge on any atom is 0.224 e. The van der Waals surface area contributed by atoms with Crippen LogP contribution in [0.1, 0.15) is 46.5 Å². The molecule has 1 aliphatic rings. The third-order valence-electron chi connectivity index (χ3n) is 6.88. The molecule has 5 aromatic heterocycles. The van der Waals surface area contributed by atoms with Crippen molar-refractivity contribution in [2.24, 2.45) is 5.41 Å². The van der Waals surface area contributed by atoms with E-state index in [1.165, 1.54) is 24.9 Å². The summed E-state index contributed by atoms with van der Waals surface area (Å²) >= 11 is 0. The SMILES string of the molecule is CC(C)(C)CC(=O)Nc1cncc(-c2ccc3[nH]nc(-c4cc5c(N6CCCCC6)ccnc5[nH]4)c3n2)c1. The van der Waals surface area contributed by atoms with Crippen molar-refractivity contribution in [2.75, 3.05) is 23.3 Å². The molecule has 0 radical (unpaired) electrons. The van der Waals surface area contributed by atoms with Gasteiger partial charge >= 0.3 is 0 Å². The van der Waals surface area contributed by atoms with Gasteiger partial charge in [-0.2, -0.15) is 5.10 Å². The molecule has 5 aromatic rings. The normalized spacial score (nSPS) is 14.3. The summed E-state index contributed by atoms with van der Waals surface area (Å²) in [6, 6.07) is 10.0. The number of hydrogen-bond donors (Lipinski definition) is 3. The maximum absolute atomic E-state index is 12.4. The molecule has 1 aliphatic heterocycles. The van der Waals surface area contributed by atoms with E-state index in [1.54, 1.807) is 12.4 Å². The Morgan fingerprint density at radius 1 is 1.08 bits per heavy atom. The molecule has 0 aromatic carbocycles. The highest BCUT2D eigenvalue weighted by atomic mass is 16.1. The van der Waals surface area contributed by atoms with Crippen LogP contribution in [0, 0.1) is 5.41 Å². The Hall–Kier alpha value is -4.27. The van der Waals surface area contributed by atoms with Crippen molar-refractivity contribution in [1.29, 1.82) is 0 Å². The second-order valence-corrected chi connectivity index (χ2v) is 11.2. The van der Waals surface area contributed by atoms with Crippen molar-refractivity contribution in [3.63, 3.8) is 0 Å². The highest BCUT2D eigenvalue weighted by Gasteiger charge is 2.19. The fourth-order valence-corrected chi connectivity index (χ4v) is 5.13. The van der Waals surface area contributed by atoms with Gasteiger partial charge in [0.1, 0.15) is 16.9 Å². The Labute approximate surface area is 221 Å². The first-order valence-corrected chi connectivity index (χ1v) is 13.2. The van der Waals surface area contributed by atoms with Crippen molar-refractivity contribution < 1.29 is 4.79 Å². The van der Waals surface area contributed by atoms with Crippen LogP contribution in [0.3, 0.4) is 0 Å². The third kappa shape index (κ3) is 4.83. The van der Waals surface area contributed by atoms with E-state index in [4.69, 9.17) is 4.98 Å². The second-order valence-electron chi connectivity index (χ2n) is 11.2. The summed E-state index contributed by atoms with van der Waals surface area (Å²) in [7, 11) is 0. The molecule has 0 bridgehead atoms. The Bertz CT molecular complexity index is 1620. The van der Waals surface area contributed by atoms with E-state index < -0.39 is 0 Å². The number of pyridine rings is 3. The fourth-order valence-electron chi connectivity index (χ4n) is 5.13. The Balaban J connectivity index is 1.33. The molecule has 0 aliphatic carbocycles. The minimum Gasteiger partial charge on any atom is -0.371 e. The molecular weight excluding hydrogens is 476 g/mol. The molecule has 38 heavy (non-hydrogen) atoms. The predicted octanol–water partition coefficient (Wildman–Crippen LogP) is 5.93. The molecule has 9 heteroatoms. The number of carbonyl (C=O) groups is 1. The number of carbonyl (C=O) groups excluding carboxylic acids is 1. The molecule has 3 N–H and O–H groups in total. The lowest BCUT2D eigenvalue weighted by molar-refractivity contribution is -0.117. The first kappa shape index (κ1) is 24.1. The molecular formula is C29H32N8O. The lowest BCUT2D eigenvalue weighted by atomic mass is 9.92. The van der Waals surface area contributed by atoms with E-state index in [9.17, 15) is 4.79 Å². The molecule has 1 fully saturated rings. The van der Waals surface area contributed by atoms with E-state index in [-0.39, 0.29) is 11.3 Å². The number of rotatable bonds is 5. The zero-order valence-corrected chi connectivity index (χ0v) is 22.0. The third-order valence-corrected chi connectivity index (χ3v) is 6.88. The zero-order valence-electron chi connectivity index (χ0n) is 22.0. The van der Waals surface area contributed by atoms with Gasteiger partial charge in [-0.05, 0) is 55.0 Å². The van der Waals surface area contributed by atoms with Gasteiger partial charge in [-0.15, -0.1) is 0 Å². The van der Waals surface area contributed by atoms with Gasteiger partial charge in [0, 0.05) is 48.5 Å². The van der Waals surface area contributed by atoms with Gasteiger partial charge in [0.25, 0.3) is 0 Å². The topological polar surface area (TPSA) is 115 Å². The van der Waals surface area contributed by atoms with Gasteiger partial charge in [0.15, 0.2) is 0 Å². The number of piperidine rings is 1. The minimum atomic E-state index is -0.0912. The van der Waals surface area contributed by atoms with Crippen LogP contribution in [0.15, 0.2) is 48.9 Å². The summed E-state index contributed by atoms with van der Waals surface area (Å²) in [6.45, 7) is 8.26. The highest BCUT2D eigenvalue weighted by molar-refractivity contribution is 5.98. The van der Waals surface area contributed by atoms with E-state index >= 15 is 0 Å². The van der Waals surface area contributed by atoms with Gasteiger partial charge in [-0.25, -0.2) is 9.97 Å². The fraction of sp³-hybridized carbons (Fsp3) is 0.345. The number of aromatic amines is 2. The summed E-state index contributed by atoms with van der Waals surface area (Å²) < 4.78 is 0. The highest BCUT2D eigenvalue weighted by Crippen LogP contribution is 2.34. The van der Waals surface area contributed by atoms with Gasteiger partial charge in [0.05, 0.1) is 28.8 Å². The molecule has 0 atom stereocenters. The minimum absolute atomic E-state index is 0.0340. The van der Waals surface area contributed by atoms with Crippen LogP contribution in [0.2, 0.25) is 0 Å². The molecule has 1 amide bonds. The molecule has 6 heterocycles. The number of fused-ring (bicyclic) bond motifs is 2. The molecule has 194 valence electrons. The summed E-state index contributed by atoms with van der Waals surface area (Å²) in [4.78, 5) is 32.2. The number of aromatic nitrogens is 6. The summed E-state index contributed by atoms with van der Waals surface area (Å²) in [6.07, 6.45) is 9.43. The number of amides is 1. The van der Waals surface area contributed by atoms with E-state index in [0.29, 0.717) is 12.1 Å². The van der Waals surface area contributed by atoms with Gasteiger partial charge in [-0.1, -0.05) is 20.8 Å². The van der Waals surface area contributed by atoms with Crippen LogP contribution in [0.25, 0.3) is 44.7 Å². The molecule has 6 rings (SSSR count). The van der Waals surface area contributed by atoms with Crippen molar-refractivity contribution in [1.82, 2.24) is 30.1 Å². The number of nitrogens with one attached hydrogen (secondary N) is 3. The lowest BCUT2D eigenvalue weighted by Crippen LogP contribution is -2.29. The van der Waals surface area contributed by atoms with Crippen molar-refractivity contribution >= 4 is 39.3 Å². The number of hydrogen-bond acceptors (Lipinski definition) is 6. The quantitative estimate of drug-likeness (QED) is 0.271. The second kappa shape index (κ2) is 9.55. The van der Waals surface area contributed by atoms with Gasteiger partial charge in [0.2, 0.25) is 5.91 Å². The van der Waals surface area contributed by atoms with Crippen molar-refractivity contribution in [3.8, 4) is 22.6 Å². The van der Waals surface area contributed by atoms with Crippen LogP contribution in [-0.2, 0) is 4.79 Å². The van der Waals surface area contributed by atoms with Crippen LogP contribution < -0.4 is 10.2 Å². The number of H-pyrrole nitrogens is 2. The van der Waals surface area contributed by atoms with Crippen LogP contribution >= 0.6 is 0 Å². The van der Waals surface area contributed by atoms with E-state index in [2.05, 4.69) is 47.5 Å². The van der Waals surface area contributed by atoms with E-state index in [0.717, 1.165) is 57.8 Å². The first-order chi connectivity index (χ1) is 18.3. The standard InChI is InChI=1S/C29H32N8O/c1-29(2,3)15-25(38)32-19-13-18(16-30-17-19)21-7-8-22-26(33-21)27(36-35-22)23-14-20-24(9-10-31-28(20)34-23)37-11-5-4-6-12-37/h7-10,13-14,16-17H,4-6,11-12,15H2,1-3H3,(H,31,34)(H,32,38)(H,35,36). The molecule has 0 saturated carbocycles. The average molecular weight is 509 g/mol. The van der Waals surface area contributed by atoms with Gasteiger partial charge in [-0.3, -0.25) is 14.9 Å².